The first-order chi connectivity index (χ1) is 13.9. The second kappa shape index (κ2) is 8.46. The normalized spacial score (nSPS) is 12.6. The molecule has 29 heavy (non-hydrogen) atoms. The maximum Gasteiger partial charge on any atom is 0.271 e. The Labute approximate surface area is 166 Å². The van der Waals surface area contributed by atoms with Gasteiger partial charge in [-0.3, -0.25) is 24.6 Å². The third-order valence-electron chi connectivity index (χ3n) is 4.36. The lowest BCUT2D eigenvalue weighted by Gasteiger charge is -2.28. The number of carbonyl (C=O) groups is 2. The average molecular weight is 401 g/mol. The van der Waals surface area contributed by atoms with Gasteiger partial charge in [0.2, 0.25) is 5.91 Å². The molecule has 0 radical (unpaired) electrons. The van der Waals surface area contributed by atoms with Crippen LogP contribution < -0.4 is 24.4 Å². The number of anilines is 1. The lowest BCUT2D eigenvalue weighted by molar-refractivity contribution is -0.384. The van der Waals surface area contributed by atoms with Gasteiger partial charge < -0.3 is 19.5 Å². The Hall–Kier alpha value is -3.82. The Kier molecular flexibility index (Phi) is 5.82. The molecule has 2 aromatic rings. The minimum absolute atomic E-state index is 0.152. The minimum atomic E-state index is -0.577. The largest absolute Gasteiger partial charge is 0.493 e. The first kappa shape index (κ1) is 19.9. The molecule has 1 heterocycles. The number of hydrogen-bond acceptors (Lipinski definition) is 7. The monoisotopic (exact) mass is 401 g/mol. The van der Waals surface area contributed by atoms with E-state index < -0.39 is 16.7 Å². The number of methoxy groups -OCH3 is 2. The van der Waals surface area contributed by atoms with Crippen LogP contribution in [0.2, 0.25) is 0 Å². The van der Waals surface area contributed by atoms with E-state index in [0.717, 1.165) is 0 Å². The van der Waals surface area contributed by atoms with Crippen molar-refractivity contribution in [1.29, 1.82) is 0 Å². The van der Waals surface area contributed by atoms with E-state index in [0.29, 0.717) is 22.8 Å². The minimum Gasteiger partial charge on any atom is -0.493 e. The molecule has 2 amide bonds. The van der Waals surface area contributed by atoms with Crippen molar-refractivity contribution in [3.8, 4) is 17.2 Å². The number of para-hydroxylation sites is 1. The van der Waals surface area contributed by atoms with E-state index in [-0.39, 0.29) is 31.1 Å². The predicted octanol–water partition coefficient (Wildman–Crippen LogP) is 1.65. The van der Waals surface area contributed by atoms with Gasteiger partial charge >= 0.3 is 0 Å². The topological polar surface area (TPSA) is 120 Å². The van der Waals surface area contributed by atoms with Gasteiger partial charge in [-0.2, -0.15) is 0 Å². The van der Waals surface area contributed by atoms with Crippen LogP contribution >= 0.6 is 0 Å². The van der Waals surface area contributed by atoms with Gasteiger partial charge in [0, 0.05) is 24.2 Å². The third-order valence-corrected chi connectivity index (χ3v) is 4.36. The number of benzene rings is 2. The fraction of sp³-hybridized carbons (Fsp3) is 0.263. The molecule has 2 aromatic carbocycles. The smallest absolute Gasteiger partial charge is 0.271 e. The Morgan fingerprint density at radius 2 is 2.07 bits per heavy atom. The van der Waals surface area contributed by atoms with E-state index in [9.17, 15) is 19.7 Å². The summed E-state index contributed by atoms with van der Waals surface area (Å²) >= 11 is 0. The van der Waals surface area contributed by atoms with Crippen LogP contribution in [-0.2, 0) is 16.1 Å². The summed E-state index contributed by atoms with van der Waals surface area (Å²) in [6.07, 6.45) is 0. The van der Waals surface area contributed by atoms with Crippen LogP contribution in [0, 0.1) is 10.1 Å². The molecule has 152 valence electrons. The van der Waals surface area contributed by atoms with Gasteiger partial charge in [0.1, 0.15) is 12.3 Å². The van der Waals surface area contributed by atoms with Crippen LogP contribution in [0.4, 0.5) is 11.4 Å². The van der Waals surface area contributed by atoms with Crippen molar-refractivity contribution in [2.75, 3.05) is 32.3 Å². The molecule has 0 aliphatic carbocycles. The van der Waals surface area contributed by atoms with Crippen molar-refractivity contribution < 1.29 is 28.7 Å². The SMILES string of the molecule is COc1cccc(CNC(=O)CN2C(=O)COc3ccc([N+](=O)[O-])cc32)c1OC. The van der Waals surface area contributed by atoms with E-state index in [1.54, 1.807) is 18.2 Å². The van der Waals surface area contributed by atoms with Crippen molar-refractivity contribution >= 4 is 23.2 Å². The number of rotatable bonds is 7. The van der Waals surface area contributed by atoms with Crippen LogP contribution in [0.5, 0.6) is 17.2 Å². The maximum atomic E-state index is 12.5. The number of nitrogens with one attached hydrogen (secondary N) is 1. The molecule has 0 bridgehead atoms. The van der Waals surface area contributed by atoms with E-state index in [1.807, 2.05) is 0 Å². The highest BCUT2D eigenvalue weighted by atomic mass is 16.6. The molecule has 0 saturated carbocycles. The molecule has 0 fully saturated rings. The van der Waals surface area contributed by atoms with E-state index in [4.69, 9.17) is 14.2 Å². The predicted molar refractivity (Wildman–Crippen MR) is 102 cm³/mol. The van der Waals surface area contributed by atoms with Crippen LogP contribution in [-0.4, -0.2) is 44.1 Å². The number of nitro groups is 1. The van der Waals surface area contributed by atoms with Crippen LogP contribution in [0.25, 0.3) is 0 Å². The summed E-state index contributed by atoms with van der Waals surface area (Å²) in [5.74, 6) is 0.426. The molecule has 3 rings (SSSR count). The van der Waals surface area contributed by atoms with Gasteiger partial charge in [0.25, 0.3) is 11.6 Å². The Morgan fingerprint density at radius 3 is 2.76 bits per heavy atom. The summed E-state index contributed by atoms with van der Waals surface area (Å²) in [5.41, 5.74) is 0.683. The first-order valence-corrected chi connectivity index (χ1v) is 8.62. The van der Waals surface area contributed by atoms with Gasteiger partial charge in [0.15, 0.2) is 18.1 Å². The average Bonchev–Trinajstić information content (AvgIpc) is 2.73. The second-order valence-corrected chi connectivity index (χ2v) is 6.11. The zero-order chi connectivity index (χ0) is 21.0. The molecule has 0 saturated heterocycles. The van der Waals surface area contributed by atoms with E-state index >= 15 is 0 Å². The van der Waals surface area contributed by atoms with Crippen LogP contribution in [0.1, 0.15) is 5.56 Å². The number of hydrogen-bond donors (Lipinski definition) is 1. The molecule has 0 atom stereocenters. The van der Waals surface area contributed by atoms with Crippen molar-refractivity contribution in [2.45, 2.75) is 6.54 Å². The zero-order valence-electron chi connectivity index (χ0n) is 15.8. The summed E-state index contributed by atoms with van der Waals surface area (Å²) in [6.45, 7) is -0.399. The maximum absolute atomic E-state index is 12.5. The standard InChI is InChI=1S/C19H19N3O7/c1-27-16-5-3-4-12(19(16)28-2)9-20-17(23)10-21-14-8-13(22(25)26)6-7-15(14)29-11-18(21)24/h3-8H,9-11H2,1-2H3,(H,20,23). The molecule has 1 aliphatic rings. The highest BCUT2D eigenvalue weighted by molar-refractivity contribution is 6.02. The summed E-state index contributed by atoms with van der Waals surface area (Å²) in [5, 5.41) is 13.7. The van der Waals surface area contributed by atoms with Crippen LogP contribution in [0.3, 0.4) is 0 Å². The van der Waals surface area contributed by atoms with Gasteiger partial charge in [-0.1, -0.05) is 12.1 Å². The van der Waals surface area contributed by atoms with Gasteiger partial charge in [-0.15, -0.1) is 0 Å². The summed E-state index contributed by atoms with van der Waals surface area (Å²) in [6, 6.07) is 9.18. The number of amides is 2. The Morgan fingerprint density at radius 1 is 1.28 bits per heavy atom. The lowest BCUT2D eigenvalue weighted by Crippen LogP contribution is -2.45. The summed E-state index contributed by atoms with van der Waals surface area (Å²) < 4.78 is 15.8. The number of fused-ring (bicyclic) bond motifs is 1. The molecule has 0 aromatic heterocycles. The third kappa shape index (κ3) is 4.21. The van der Waals surface area contributed by atoms with Crippen molar-refractivity contribution in [3.63, 3.8) is 0 Å². The number of carbonyl (C=O) groups excluding carboxylic acids is 2. The molecule has 1 N–H and O–H groups in total. The molecule has 1 aliphatic heterocycles. The number of nitro benzene ring substituents is 1. The molecule has 10 nitrogen and oxygen atoms in total. The van der Waals surface area contributed by atoms with Crippen molar-refractivity contribution in [2.24, 2.45) is 0 Å². The molecule has 0 unspecified atom stereocenters. The number of non-ortho nitro benzene ring substituents is 1. The summed E-state index contributed by atoms with van der Waals surface area (Å²) in [7, 11) is 3.01. The van der Waals surface area contributed by atoms with Gasteiger partial charge in [-0.25, -0.2) is 0 Å². The van der Waals surface area contributed by atoms with E-state index in [2.05, 4.69) is 5.32 Å². The molecule has 10 heteroatoms. The molecular weight excluding hydrogens is 382 g/mol. The quantitative estimate of drug-likeness (QED) is 0.553. The zero-order valence-corrected chi connectivity index (χ0v) is 15.8. The van der Waals surface area contributed by atoms with Crippen molar-refractivity contribution in [3.05, 3.63) is 52.1 Å². The van der Waals surface area contributed by atoms with Gasteiger partial charge in [0.05, 0.1) is 24.8 Å². The fourth-order valence-electron chi connectivity index (χ4n) is 2.96. The number of nitrogens with zero attached hydrogens (tertiary/aromatic N) is 2. The van der Waals surface area contributed by atoms with Crippen LogP contribution in [0.15, 0.2) is 36.4 Å². The van der Waals surface area contributed by atoms with Gasteiger partial charge in [-0.05, 0) is 12.1 Å². The van der Waals surface area contributed by atoms with Crippen molar-refractivity contribution in [1.82, 2.24) is 5.32 Å². The Balaban J connectivity index is 1.74. The first-order valence-electron chi connectivity index (χ1n) is 8.62. The number of ether oxygens (including phenoxy) is 3. The highest BCUT2D eigenvalue weighted by Gasteiger charge is 2.29. The second-order valence-electron chi connectivity index (χ2n) is 6.11. The lowest BCUT2D eigenvalue weighted by atomic mass is 10.1. The fourth-order valence-corrected chi connectivity index (χ4v) is 2.96. The highest BCUT2D eigenvalue weighted by Crippen LogP contribution is 2.35. The Bertz CT molecular complexity index is 961. The summed E-state index contributed by atoms with van der Waals surface area (Å²) in [4.78, 5) is 36.3. The molecule has 0 spiro atoms. The molecular formula is C19H19N3O7. The van der Waals surface area contributed by atoms with E-state index in [1.165, 1.54) is 37.3 Å².